The summed E-state index contributed by atoms with van der Waals surface area (Å²) in [6.45, 7) is 10.3. The van der Waals surface area contributed by atoms with Gasteiger partial charge in [-0.3, -0.25) is 4.68 Å². The van der Waals surface area contributed by atoms with Gasteiger partial charge in [-0.2, -0.15) is 5.10 Å². The SMILES string of the molecule is Cc1nn(CCOCCOCCN)cc1-c1ccc2cc(CCN3CCC[C@H]3C)ccc2n1. The molecule has 178 valence electrons. The molecule has 0 aliphatic carbocycles. The summed E-state index contributed by atoms with van der Waals surface area (Å²) in [5.41, 5.74) is 10.8. The highest BCUT2D eigenvalue weighted by Crippen LogP contribution is 2.25. The average molecular weight is 452 g/mol. The summed E-state index contributed by atoms with van der Waals surface area (Å²) in [6.07, 6.45) is 5.81. The lowest BCUT2D eigenvalue weighted by Crippen LogP contribution is -2.28. The molecule has 0 bridgehead atoms. The number of likely N-dealkylation sites (tertiary alicyclic amines) is 1. The van der Waals surface area contributed by atoms with Crippen molar-refractivity contribution in [1.29, 1.82) is 0 Å². The van der Waals surface area contributed by atoms with Crippen LogP contribution in [0.15, 0.2) is 36.5 Å². The molecule has 1 aromatic carbocycles. The minimum absolute atomic E-state index is 0.539. The zero-order valence-corrected chi connectivity index (χ0v) is 20.0. The fraction of sp³-hybridized carbons (Fsp3) is 0.538. The highest BCUT2D eigenvalue weighted by molar-refractivity contribution is 5.82. The van der Waals surface area contributed by atoms with Crippen molar-refractivity contribution in [2.24, 2.45) is 5.73 Å². The summed E-state index contributed by atoms with van der Waals surface area (Å²) in [5, 5.41) is 5.84. The Morgan fingerprint density at radius 3 is 2.70 bits per heavy atom. The molecule has 0 spiro atoms. The van der Waals surface area contributed by atoms with Crippen LogP contribution < -0.4 is 5.73 Å². The van der Waals surface area contributed by atoms with E-state index in [0.29, 0.717) is 39.5 Å². The summed E-state index contributed by atoms with van der Waals surface area (Å²) < 4.78 is 12.9. The molecule has 0 saturated carbocycles. The number of hydrogen-bond donors (Lipinski definition) is 1. The van der Waals surface area contributed by atoms with Crippen LogP contribution in [-0.4, -0.2) is 71.8 Å². The molecule has 7 nitrogen and oxygen atoms in total. The summed E-state index contributed by atoms with van der Waals surface area (Å²) in [5.74, 6) is 0. The third-order valence-electron chi connectivity index (χ3n) is 6.45. The van der Waals surface area contributed by atoms with Gasteiger partial charge < -0.3 is 20.1 Å². The average Bonchev–Trinajstić information content (AvgIpc) is 3.41. The molecule has 4 rings (SSSR count). The minimum atomic E-state index is 0.539. The number of fused-ring (bicyclic) bond motifs is 1. The largest absolute Gasteiger partial charge is 0.378 e. The maximum atomic E-state index is 5.62. The van der Waals surface area contributed by atoms with Crippen LogP contribution in [0.5, 0.6) is 0 Å². The second kappa shape index (κ2) is 11.7. The van der Waals surface area contributed by atoms with Crippen LogP contribution in [0.1, 0.15) is 31.0 Å². The Balaban J connectivity index is 1.35. The lowest BCUT2D eigenvalue weighted by molar-refractivity contribution is 0.0468. The summed E-state index contributed by atoms with van der Waals surface area (Å²) in [7, 11) is 0. The zero-order valence-electron chi connectivity index (χ0n) is 20.0. The molecule has 0 radical (unpaired) electrons. The number of rotatable bonds is 12. The van der Waals surface area contributed by atoms with Crippen molar-refractivity contribution < 1.29 is 9.47 Å². The molecule has 3 heterocycles. The Bertz CT molecular complexity index is 1030. The summed E-state index contributed by atoms with van der Waals surface area (Å²) in [6, 6.07) is 11.7. The van der Waals surface area contributed by atoms with Crippen molar-refractivity contribution in [1.82, 2.24) is 19.7 Å². The molecule has 0 amide bonds. The normalized spacial score (nSPS) is 16.8. The van der Waals surface area contributed by atoms with Gasteiger partial charge in [-0.25, -0.2) is 4.98 Å². The molecule has 1 atom stereocenters. The van der Waals surface area contributed by atoms with Gasteiger partial charge in [0.05, 0.1) is 49.9 Å². The quantitative estimate of drug-likeness (QED) is 0.425. The van der Waals surface area contributed by atoms with E-state index in [1.165, 1.54) is 30.3 Å². The van der Waals surface area contributed by atoms with E-state index in [9.17, 15) is 0 Å². The van der Waals surface area contributed by atoms with E-state index in [4.69, 9.17) is 20.2 Å². The number of aryl methyl sites for hydroxylation is 1. The number of benzene rings is 1. The molecule has 1 aliphatic rings. The van der Waals surface area contributed by atoms with Crippen LogP contribution in [0.25, 0.3) is 22.2 Å². The molecule has 1 fully saturated rings. The van der Waals surface area contributed by atoms with E-state index in [-0.39, 0.29) is 0 Å². The molecule has 1 aliphatic heterocycles. The molecular formula is C26H37N5O2. The maximum absolute atomic E-state index is 5.62. The lowest BCUT2D eigenvalue weighted by atomic mass is 10.1. The van der Waals surface area contributed by atoms with Crippen molar-refractivity contribution >= 4 is 10.9 Å². The van der Waals surface area contributed by atoms with Gasteiger partial charge in [0, 0.05) is 36.3 Å². The lowest BCUT2D eigenvalue weighted by Gasteiger charge is -2.20. The molecular weight excluding hydrogens is 414 g/mol. The van der Waals surface area contributed by atoms with E-state index in [1.54, 1.807) is 0 Å². The first-order valence-corrected chi connectivity index (χ1v) is 12.2. The Morgan fingerprint density at radius 2 is 1.91 bits per heavy atom. The molecule has 1 saturated heterocycles. The molecule has 2 N–H and O–H groups in total. The van der Waals surface area contributed by atoms with Crippen LogP contribution in [0, 0.1) is 6.92 Å². The Morgan fingerprint density at radius 1 is 1.06 bits per heavy atom. The van der Waals surface area contributed by atoms with Gasteiger partial charge in [0.25, 0.3) is 0 Å². The summed E-state index contributed by atoms with van der Waals surface area (Å²) in [4.78, 5) is 7.53. The number of ether oxygens (including phenoxy) is 2. The van der Waals surface area contributed by atoms with Crippen LogP contribution in [0.2, 0.25) is 0 Å². The van der Waals surface area contributed by atoms with Crippen LogP contribution in [0.3, 0.4) is 0 Å². The number of aromatic nitrogens is 3. The van der Waals surface area contributed by atoms with E-state index in [1.807, 2.05) is 11.6 Å². The number of nitrogens with two attached hydrogens (primary N) is 1. The molecule has 33 heavy (non-hydrogen) atoms. The number of pyridine rings is 1. The predicted octanol–water partition coefficient (Wildman–Crippen LogP) is 3.43. The first kappa shape index (κ1) is 23.8. The third kappa shape index (κ3) is 6.38. The first-order valence-electron chi connectivity index (χ1n) is 12.2. The van der Waals surface area contributed by atoms with E-state index in [2.05, 4.69) is 53.5 Å². The van der Waals surface area contributed by atoms with Crippen LogP contribution >= 0.6 is 0 Å². The van der Waals surface area contributed by atoms with Crippen molar-refractivity contribution in [3.8, 4) is 11.3 Å². The molecule has 0 unspecified atom stereocenters. The fourth-order valence-corrected chi connectivity index (χ4v) is 4.53. The topological polar surface area (TPSA) is 78.4 Å². The van der Waals surface area contributed by atoms with Crippen molar-refractivity contribution in [3.05, 3.63) is 47.8 Å². The number of nitrogens with zero attached hydrogens (tertiary/aromatic N) is 4. The van der Waals surface area contributed by atoms with E-state index in [0.717, 1.165) is 41.5 Å². The van der Waals surface area contributed by atoms with Crippen molar-refractivity contribution in [3.63, 3.8) is 0 Å². The Labute approximate surface area is 196 Å². The van der Waals surface area contributed by atoms with Crippen molar-refractivity contribution in [2.45, 2.75) is 45.7 Å². The second-order valence-electron chi connectivity index (χ2n) is 8.91. The van der Waals surface area contributed by atoms with Crippen LogP contribution in [-0.2, 0) is 22.4 Å². The van der Waals surface area contributed by atoms with Gasteiger partial charge in [-0.05, 0) is 63.4 Å². The minimum Gasteiger partial charge on any atom is -0.378 e. The highest BCUT2D eigenvalue weighted by Gasteiger charge is 2.19. The van der Waals surface area contributed by atoms with Gasteiger partial charge in [0.15, 0.2) is 0 Å². The Kier molecular flexibility index (Phi) is 8.45. The van der Waals surface area contributed by atoms with E-state index < -0.39 is 0 Å². The number of hydrogen-bond acceptors (Lipinski definition) is 6. The van der Waals surface area contributed by atoms with Crippen LogP contribution in [0.4, 0.5) is 0 Å². The van der Waals surface area contributed by atoms with E-state index >= 15 is 0 Å². The predicted molar refractivity (Wildman–Crippen MR) is 132 cm³/mol. The fourth-order valence-electron chi connectivity index (χ4n) is 4.53. The van der Waals surface area contributed by atoms with Gasteiger partial charge in [0.1, 0.15) is 0 Å². The Hall–Kier alpha value is -2.32. The van der Waals surface area contributed by atoms with Crippen molar-refractivity contribution in [2.75, 3.05) is 46.1 Å². The second-order valence-corrected chi connectivity index (χ2v) is 8.91. The maximum Gasteiger partial charge on any atom is 0.0744 e. The van der Waals surface area contributed by atoms with Gasteiger partial charge in [0.2, 0.25) is 0 Å². The monoisotopic (exact) mass is 451 g/mol. The van der Waals surface area contributed by atoms with Gasteiger partial charge in [-0.15, -0.1) is 0 Å². The standard InChI is InChI=1S/C26H37N5O2/c1-20-4-3-11-30(20)12-9-22-5-7-25-23(18-22)6-8-26(28-25)24-19-31(29-21(24)2)13-15-33-17-16-32-14-10-27/h5-8,18-20H,3-4,9-17,27H2,1-2H3/t20-/m1/s1. The molecule has 7 heteroatoms. The summed E-state index contributed by atoms with van der Waals surface area (Å²) >= 11 is 0. The smallest absolute Gasteiger partial charge is 0.0744 e. The zero-order chi connectivity index (χ0) is 23.0. The van der Waals surface area contributed by atoms with Gasteiger partial charge in [-0.1, -0.05) is 12.1 Å². The first-order chi connectivity index (χ1) is 16.1. The van der Waals surface area contributed by atoms with Gasteiger partial charge >= 0.3 is 0 Å². The molecule has 3 aromatic rings. The molecule has 2 aromatic heterocycles. The third-order valence-corrected chi connectivity index (χ3v) is 6.45. The highest BCUT2D eigenvalue weighted by atomic mass is 16.5.